The highest BCUT2D eigenvalue weighted by Crippen LogP contribution is 2.33. The van der Waals surface area contributed by atoms with Crippen molar-refractivity contribution in [3.8, 4) is 0 Å². The number of hydrogen-bond acceptors (Lipinski definition) is 4. The molecule has 1 aliphatic rings. The van der Waals surface area contributed by atoms with Gasteiger partial charge < -0.3 is 9.47 Å². The van der Waals surface area contributed by atoms with Crippen LogP contribution in [0.15, 0.2) is 0 Å². The molecular weight excluding hydrogens is 260 g/mol. The Kier molecular flexibility index (Phi) is 4.37. The molecule has 7 heteroatoms. The van der Waals surface area contributed by atoms with Crippen molar-refractivity contribution in [2.75, 3.05) is 20.3 Å². The van der Waals surface area contributed by atoms with E-state index in [0.29, 0.717) is 0 Å². The molecule has 0 aromatic heterocycles. The quantitative estimate of drug-likeness (QED) is 0.724. The maximum atomic E-state index is 14.0. The van der Waals surface area contributed by atoms with E-state index in [-0.39, 0.29) is 0 Å². The molecule has 1 aliphatic heterocycles. The Bertz CT molecular complexity index is 369. The number of halogens is 2. The van der Waals surface area contributed by atoms with E-state index in [2.05, 4.69) is 4.74 Å². The normalized spacial score (nSPS) is 27.3. The second-order valence-corrected chi connectivity index (χ2v) is 5.64. The Morgan fingerprint density at radius 1 is 1.42 bits per heavy atom. The number of carbonyl (C=O) groups is 2. The minimum atomic E-state index is -2.23. The first kappa shape index (κ1) is 15.7. The largest absolute Gasteiger partial charge is 0.467 e. The molecule has 0 radical (unpaired) electrons. The summed E-state index contributed by atoms with van der Waals surface area (Å²) >= 11 is 0. The Labute approximate surface area is 110 Å². The van der Waals surface area contributed by atoms with Crippen LogP contribution in [0, 0.1) is 0 Å². The summed E-state index contributed by atoms with van der Waals surface area (Å²) in [6, 6.07) is -1.15. The van der Waals surface area contributed by atoms with E-state index in [1.165, 1.54) is 0 Å². The first-order valence-electron chi connectivity index (χ1n) is 5.94. The molecule has 1 rings (SSSR count). The third-order valence-electron chi connectivity index (χ3n) is 2.73. The standard InChI is InChI=1S/C12H19F2NO4/c1-11(2,3)19-10(17)15-7-12(14,6-13)5-8(15)9(16)18-4/h8H,5-7H2,1-4H3. The smallest absolute Gasteiger partial charge is 0.411 e. The van der Waals surface area contributed by atoms with Crippen LogP contribution in [0.3, 0.4) is 0 Å². The van der Waals surface area contributed by atoms with E-state index in [1.54, 1.807) is 20.8 Å². The van der Waals surface area contributed by atoms with Crippen LogP contribution in [0.2, 0.25) is 0 Å². The first-order valence-corrected chi connectivity index (χ1v) is 5.94. The molecular formula is C12H19F2NO4. The third-order valence-corrected chi connectivity index (χ3v) is 2.73. The SMILES string of the molecule is COC(=O)C1CC(F)(CF)CN1C(=O)OC(C)(C)C. The van der Waals surface area contributed by atoms with Crippen molar-refractivity contribution < 1.29 is 27.8 Å². The van der Waals surface area contributed by atoms with Gasteiger partial charge in [0.1, 0.15) is 18.3 Å². The van der Waals surface area contributed by atoms with Gasteiger partial charge in [0.2, 0.25) is 0 Å². The maximum Gasteiger partial charge on any atom is 0.411 e. The topological polar surface area (TPSA) is 55.8 Å². The number of carbonyl (C=O) groups excluding carboxylic acids is 2. The summed E-state index contributed by atoms with van der Waals surface area (Å²) in [6.07, 6.45) is -1.27. The van der Waals surface area contributed by atoms with Gasteiger partial charge in [-0.25, -0.2) is 18.4 Å². The van der Waals surface area contributed by atoms with Gasteiger partial charge in [0.25, 0.3) is 0 Å². The van der Waals surface area contributed by atoms with Crippen LogP contribution in [-0.2, 0) is 14.3 Å². The van der Waals surface area contributed by atoms with Crippen molar-refractivity contribution in [2.24, 2.45) is 0 Å². The van der Waals surface area contributed by atoms with Crippen LogP contribution in [0.4, 0.5) is 13.6 Å². The average molecular weight is 279 g/mol. The molecule has 0 spiro atoms. The molecule has 0 aliphatic carbocycles. The molecule has 0 saturated carbocycles. The zero-order chi connectivity index (χ0) is 14.8. The maximum absolute atomic E-state index is 14.0. The summed E-state index contributed by atoms with van der Waals surface area (Å²) < 4.78 is 36.3. The van der Waals surface area contributed by atoms with Gasteiger partial charge in [-0.15, -0.1) is 0 Å². The Balaban J connectivity index is 2.89. The molecule has 1 amide bonds. The second kappa shape index (κ2) is 5.30. The minimum absolute atomic E-state index is 0.421. The molecule has 1 heterocycles. The summed E-state index contributed by atoms with van der Waals surface area (Å²) in [5.41, 5.74) is -3.01. The van der Waals surface area contributed by atoms with Crippen molar-refractivity contribution in [3.05, 3.63) is 0 Å². The van der Waals surface area contributed by atoms with Crippen LogP contribution in [0.25, 0.3) is 0 Å². The number of amides is 1. The van der Waals surface area contributed by atoms with Crippen LogP contribution in [-0.4, -0.2) is 54.6 Å². The Hall–Kier alpha value is -1.40. The predicted molar refractivity (Wildman–Crippen MR) is 63.2 cm³/mol. The number of likely N-dealkylation sites (tertiary alicyclic amines) is 1. The molecule has 0 bridgehead atoms. The summed E-state index contributed by atoms with van der Waals surface area (Å²) in [4.78, 5) is 24.3. The number of methoxy groups -OCH3 is 1. The van der Waals surface area contributed by atoms with Gasteiger partial charge in [0, 0.05) is 6.42 Å². The van der Waals surface area contributed by atoms with E-state index < -0.39 is 49.0 Å². The number of nitrogens with zero attached hydrogens (tertiary/aromatic N) is 1. The van der Waals surface area contributed by atoms with Crippen LogP contribution in [0.1, 0.15) is 27.2 Å². The molecule has 1 fully saturated rings. The van der Waals surface area contributed by atoms with Crippen LogP contribution >= 0.6 is 0 Å². The monoisotopic (exact) mass is 279 g/mol. The highest BCUT2D eigenvalue weighted by molar-refractivity contribution is 5.82. The van der Waals surface area contributed by atoms with Crippen molar-refractivity contribution in [3.63, 3.8) is 0 Å². The van der Waals surface area contributed by atoms with Crippen LogP contribution in [0.5, 0.6) is 0 Å². The van der Waals surface area contributed by atoms with Gasteiger partial charge in [-0.2, -0.15) is 0 Å². The lowest BCUT2D eigenvalue weighted by molar-refractivity contribution is -0.145. The average Bonchev–Trinajstić information content (AvgIpc) is 2.65. The molecule has 110 valence electrons. The van der Waals surface area contributed by atoms with Crippen molar-refractivity contribution in [2.45, 2.75) is 44.5 Å². The molecule has 2 unspecified atom stereocenters. The fourth-order valence-electron chi connectivity index (χ4n) is 1.89. The fourth-order valence-corrected chi connectivity index (χ4v) is 1.89. The van der Waals surface area contributed by atoms with Gasteiger partial charge in [-0.1, -0.05) is 0 Å². The molecule has 0 aromatic carbocycles. The highest BCUT2D eigenvalue weighted by Gasteiger charge is 2.51. The fraction of sp³-hybridized carbons (Fsp3) is 0.833. The Morgan fingerprint density at radius 3 is 2.42 bits per heavy atom. The minimum Gasteiger partial charge on any atom is -0.467 e. The summed E-state index contributed by atoms with van der Waals surface area (Å²) in [5.74, 6) is -0.779. The summed E-state index contributed by atoms with van der Waals surface area (Å²) in [5, 5.41) is 0. The molecule has 19 heavy (non-hydrogen) atoms. The van der Waals surface area contributed by atoms with Gasteiger partial charge in [0.05, 0.1) is 13.7 Å². The third kappa shape index (κ3) is 3.78. The number of esters is 1. The van der Waals surface area contributed by atoms with Gasteiger partial charge in [-0.3, -0.25) is 4.90 Å². The van der Waals surface area contributed by atoms with E-state index in [4.69, 9.17) is 4.74 Å². The number of alkyl halides is 2. The van der Waals surface area contributed by atoms with Gasteiger partial charge in [0.15, 0.2) is 5.67 Å². The zero-order valence-corrected chi connectivity index (χ0v) is 11.5. The molecule has 5 nitrogen and oxygen atoms in total. The van der Waals surface area contributed by atoms with E-state index in [0.717, 1.165) is 12.0 Å². The molecule has 2 atom stereocenters. The van der Waals surface area contributed by atoms with E-state index in [9.17, 15) is 18.4 Å². The number of rotatable bonds is 2. The lowest BCUT2D eigenvalue weighted by atomic mass is 10.0. The lowest BCUT2D eigenvalue weighted by Crippen LogP contribution is -2.44. The van der Waals surface area contributed by atoms with Crippen molar-refractivity contribution in [1.29, 1.82) is 0 Å². The Morgan fingerprint density at radius 2 is 2.00 bits per heavy atom. The van der Waals surface area contributed by atoms with Crippen molar-refractivity contribution >= 4 is 12.1 Å². The second-order valence-electron chi connectivity index (χ2n) is 5.64. The highest BCUT2D eigenvalue weighted by atomic mass is 19.2. The van der Waals surface area contributed by atoms with Gasteiger partial charge in [-0.05, 0) is 20.8 Å². The van der Waals surface area contributed by atoms with Crippen molar-refractivity contribution in [1.82, 2.24) is 4.90 Å². The van der Waals surface area contributed by atoms with E-state index >= 15 is 0 Å². The predicted octanol–water partition coefficient (Wildman–Crippen LogP) is 1.85. The lowest BCUT2D eigenvalue weighted by Gasteiger charge is -2.27. The zero-order valence-electron chi connectivity index (χ0n) is 11.5. The number of hydrogen-bond donors (Lipinski definition) is 0. The number of ether oxygens (including phenoxy) is 2. The van der Waals surface area contributed by atoms with Gasteiger partial charge >= 0.3 is 12.1 Å². The van der Waals surface area contributed by atoms with Crippen LogP contribution < -0.4 is 0 Å². The molecule has 0 aromatic rings. The molecule has 1 saturated heterocycles. The molecule has 0 N–H and O–H groups in total. The summed E-state index contributed by atoms with van der Waals surface area (Å²) in [6.45, 7) is 3.15. The summed E-state index contributed by atoms with van der Waals surface area (Å²) in [7, 11) is 1.13. The first-order chi connectivity index (χ1) is 8.62. The van der Waals surface area contributed by atoms with E-state index in [1.807, 2.05) is 0 Å².